The van der Waals surface area contributed by atoms with Crippen molar-refractivity contribution in [3.63, 3.8) is 0 Å². The van der Waals surface area contributed by atoms with Crippen molar-refractivity contribution >= 4 is 27.4 Å². The van der Waals surface area contributed by atoms with Crippen LogP contribution in [0.4, 0.5) is 0 Å². The molecule has 0 atom stereocenters. The summed E-state index contributed by atoms with van der Waals surface area (Å²) >= 11 is 0. The first-order valence-electron chi connectivity index (χ1n) is 9.99. The molecule has 5 rings (SSSR count). The molecular weight excluding hydrogens is 448 g/mol. The lowest BCUT2D eigenvalue weighted by Gasteiger charge is -2.19. The van der Waals surface area contributed by atoms with E-state index in [1.165, 1.54) is 42.5 Å². The molecule has 0 aliphatic carbocycles. The lowest BCUT2D eigenvalue weighted by molar-refractivity contribution is 0.0474. The normalized spacial score (nSPS) is 15.2. The van der Waals surface area contributed by atoms with Crippen LogP contribution in [0, 0.1) is 0 Å². The zero-order valence-corrected chi connectivity index (χ0v) is 17.9. The summed E-state index contributed by atoms with van der Waals surface area (Å²) < 4.78 is 42.0. The van der Waals surface area contributed by atoms with Gasteiger partial charge in [-0.05, 0) is 48.5 Å². The number of hydrogen-bond donors (Lipinski definition) is 0. The highest BCUT2D eigenvalue weighted by molar-refractivity contribution is 7.91. The van der Waals surface area contributed by atoms with Gasteiger partial charge in [-0.15, -0.1) is 0 Å². The lowest BCUT2D eigenvalue weighted by Crippen LogP contribution is -2.21. The molecule has 2 aliphatic heterocycles. The van der Waals surface area contributed by atoms with E-state index in [1.54, 1.807) is 12.1 Å². The predicted octanol–water partition coefficient (Wildman–Crippen LogP) is 2.87. The zero-order chi connectivity index (χ0) is 23.2. The summed E-state index contributed by atoms with van der Waals surface area (Å²) in [5.74, 6) is -0.825. The monoisotopic (exact) mass is 464 g/mol. The fourth-order valence-corrected chi connectivity index (χ4v) is 5.40. The van der Waals surface area contributed by atoms with E-state index in [2.05, 4.69) is 0 Å². The topological polar surface area (TPSA) is 113 Å². The smallest absolute Gasteiger partial charge is 0.338 e. The highest BCUT2D eigenvalue weighted by atomic mass is 32.2. The van der Waals surface area contributed by atoms with E-state index >= 15 is 0 Å². The Bertz CT molecular complexity index is 1440. The molecule has 0 fully saturated rings. The van der Waals surface area contributed by atoms with Gasteiger partial charge in [-0.1, -0.05) is 12.1 Å². The number of carbonyl (C=O) groups is 3. The second-order valence-electron chi connectivity index (χ2n) is 7.40. The van der Waals surface area contributed by atoms with Crippen LogP contribution in [0.25, 0.3) is 0 Å². The lowest BCUT2D eigenvalue weighted by atomic mass is 10.0. The molecule has 0 amide bonds. The third-order valence-corrected chi connectivity index (χ3v) is 7.22. The summed E-state index contributed by atoms with van der Waals surface area (Å²) in [6, 6.07) is 14.3. The molecule has 166 valence electrons. The van der Waals surface area contributed by atoms with Crippen LogP contribution in [0.2, 0.25) is 0 Å². The van der Waals surface area contributed by atoms with E-state index in [0.717, 1.165) is 6.07 Å². The summed E-state index contributed by atoms with van der Waals surface area (Å²) in [6.45, 7) is 0.240. The van der Waals surface area contributed by atoms with Gasteiger partial charge in [-0.2, -0.15) is 0 Å². The molecule has 2 aliphatic rings. The van der Waals surface area contributed by atoms with Crippen molar-refractivity contribution in [3.8, 4) is 11.5 Å². The Morgan fingerprint density at radius 3 is 2.33 bits per heavy atom. The van der Waals surface area contributed by atoms with Crippen LogP contribution in [0.5, 0.6) is 11.5 Å². The number of ether oxygens (including phenoxy) is 3. The second kappa shape index (κ2) is 7.86. The summed E-state index contributed by atoms with van der Waals surface area (Å²) in [6.07, 6.45) is 0. The number of fused-ring (bicyclic) bond motifs is 3. The van der Waals surface area contributed by atoms with Crippen molar-refractivity contribution in [1.29, 1.82) is 0 Å². The molecule has 0 saturated heterocycles. The highest BCUT2D eigenvalue weighted by Gasteiger charge is 2.35. The summed E-state index contributed by atoms with van der Waals surface area (Å²) in [5.41, 5.74) is 0.268. The maximum absolute atomic E-state index is 13.0. The quantitative estimate of drug-likeness (QED) is 0.335. The molecule has 3 aromatic rings. The standard InChI is InChI=1S/C24H16O8S/c25-18(14-6-8-19-20(11-14)31-10-9-30-19)13-32-24(27)15-5-7-17-22(12-15)33(28,29)21-4-2-1-3-16(21)23(17)26/h1-8,11-12H,9-10,13H2. The largest absolute Gasteiger partial charge is 0.486 e. The average Bonchev–Trinajstić information content (AvgIpc) is 2.85. The van der Waals surface area contributed by atoms with Gasteiger partial charge in [0.1, 0.15) is 13.2 Å². The van der Waals surface area contributed by atoms with Gasteiger partial charge in [-0.25, -0.2) is 13.2 Å². The molecule has 0 radical (unpaired) electrons. The van der Waals surface area contributed by atoms with Crippen LogP contribution < -0.4 is 9.47 Å². The molecule has 0 unspecified atom stereocenters. The molecule has 9 heteroatoms. The van der Waals surface area contributed by atoms with Crippen molar-refractivity contribution in [3.05, 3.63) is 82.9 Å². The first-order chi connectivity index (χ1) is 15.9. The molecule has 2 heterocycles. The fourth-order valence-electron chi connectivity index (χ4n) is 3.73. The van der Waals surface area contributed by atoms with Gasteiger partial charge in [0, 0.05) is 16.7 Å². The van der Waals surface area contributed by atoms with E-state index in [-0.39, 0.29) is 32.0 Å². The first kappa shape index (κ1) is 20.9. The summed E-state index contributed by atoms with van der Waals surface area (Å²) in [5, 5.41) is 0. The molecular formula is C24H16O8S. The van der Waals surface area contributed by atoms with Gasteiger partial charge in [0.2, 0.25) is 9.84 Å². The summed E-state index contributed by atoms with van der Waals surface area (Å²) in [7, 11) is -3.99. The van der Waals surface area contributed by atoms with Gasteiger partial charge in [0.05, 0.1) is 15.4 Å². The molecule has 0 spiro atoms. The van der Waals surface area contributed by atoms with E-state index in [0.29, 0.717) is 24.7 Å². The van der Waals surface area contributed by atoms with Gasteiger partial charge < -0.3 is 14.2 Å². The Morgan fingerprint density at radius 2 is 1.52 bits per heavy atom. The molecule has 3 aromatic carbocycles. The average molecular weight is 464 g/mol. The van der Waals surface area contributed by atoms with E-state index in [4.69, 9.17) is 14.2 Å². The fraction of sp³-hybridized carbons (Fsp3) is 0.125. The Balaban J connectivity index is 1.36. The minimum absolute atomic E-state index is 0.0161. The van der Waals surface area contributed by atoms with Crippen molar-refractivity contribution in [2.24, 2.45) is 0 Å². The minimum Gasteiger partial charge on any atom is -0.486 e. The maximum atomic E-state index is 13.0. The number of esters is 1. The van der Waals surface area contributed by atoms with Gasteiger partial charge in [0.15, 0.2) is 29.7 Å². The maximum Gasteiger partial charge on any atom is 0.338 e. The van der Waals surface area contributed by atoms with Crippen LogP contribution in [-0.4, -0.2) is 45.8 Å². The number of ketones is 2. The van der Waals surface area contributed by atoms with Crippen molar-refractivity contribution in [1.82, 2.24) is 0 Å². The van der Waals surface area contributed by atoms with Gasteiger partial charge in [0.25, 0.3) is 0 Å². The number of benzene rings is 3. The Hall–Kier alpha value is -3.98. The van der Waals surface area contributed by atoms with Gasteiger partial charge in [-0.3, -0.25) is 9.59 Å². The van der Waals surface area contributed by atoms with Crippen molar-refractivity contribution in [2.75, 3.05) is 19.8 Å². The number of Topliss-reactive ketones (excluding diaryl/α,β-unsaturated/α-hetero) is 1. The van der Waals surface area contributed by atoms with Crippen LogP contribution in [0.1, 0.15) is 36.6 Å². The van der Waals surface area contributed by atoms with Crippen LogP contribution >= 0.6 is 0 Å². The summed E-state index contributed by atoms with van der Waals surface area (Å²) in [4.78, 5) is 37.3. The number of rotatable bonds is 4. The van der Waals surface area contributed by atoms with Crippen LogP contribution in [-0.2, 0) is 14.6 Å². The third-order valence-electron chi connectivity index (χ3n) is 5.37. The molecule has 0 bridgehead atoms. The first-order valence-corrected chi connectivity index (χ1v) is 11.5. The van der Waals surface area contributed by atoms with E-state index in [1.807, 2.05) is 0 Å². The van der Waals surface area contributed by atoms with Crippen LogP contribution in [0.3, 0.4) is 0 Å². The van der Waals surface area contributed by atoms with Crippen LogP contribution in [0.15, 0.2) is 70.5 Å². The van der Waals surface area contributed by atoms with Crippen molar-refractivity contribution in [2.45, 2.75) is 9.79 Å². The minimum atomic E-state index is -3.99. The van der Waals surface area contributed by atoms with Crippen molar-refractivity contribution < 1.29 is 37.0 Å². The predicted molar refractivity (Wildman–Crippen MR) is 114 cm³/mol. The van der Waals surface area contributed by atoms with Gasteiger partial charge >= 0.3 is 5.97 Å². The van der Waals surface area contributed by atoms with E-state index < -0.39 is 34.0 Å². The second-order valence-corrected chi connectivity index (χ2v) is 9.28. The number of carbonyl (C=O) groups excluding carboxylic acids is 3. The van der Waals surface area contributed by atoms with E-state index in [9.17, 15) is 22.8 Å². The molecule has 33 heavy (non-hydrogen) atoms. The molecule has 0 aromatic heterocycles. The highest BCUT2D eigenvalue weighted by Crippen LogP contribution is 2.35. The number of hydrogen-bond acceptors (Lipinski definition) is 8. The third kappa shape index (κ3) is 3.56. The Kier molecular flexibility index (Phi) is 4.98. The number of sulfone groups is 1. The SMILES string of the molecule is O=C(COC(=O)c1ccc2c(c1)S(=O)(=O)c1ccccc1C2=O)c1ccc2c(c1)OCCO2. The Labute approximate surface area is 188 Å². The zero-order valence-electron chi connectivity index (χ0n) is 17.1. The Morgan fingerprint density at radius 1 is 0.818 bits per heavy atom. The molecule has 0 saturated carbocycles. The molecule has 0 N–H and O–H groups in total. The molecule has 8 nitrogen and oxygen atoms in total.